The van der Waals surface area contributed by atoms with Crippen molar-refractivity contribution in [3.05, 3.63) is 58.4 Å². The monoisotopic (exact) mass is 331 g/mol. The van der Waals surface area contributed by atoms with E-state index in [-0.39, 0.29) is 24.3 Å². The third kappa shape index (κ3) is 2.91. The maximum atomic E-state index is 14.5. The fraction of sp³-hybridized carbons (Fsp3) is 0.188. The Labute approximate surface area is 136 Å². The molecule has 3 rings (SSSR count). The normalized spacial score (nSPS) is 17.0. The summed E-state index contributed by atoms with van der Waals surface area (Å²) in [5.41, 5.74) is 6.30. The second kappa shape index (κ2) is 6.25. The molecule has 1 fully saturated rings. The van der Waals surface area contributed by atoms with Crippen molar-refractivity contribution >= 4 is 17.5 Å². The molecule has 0 aliphatic carbocycles. The predicted octanol–water partition coefficient (Wildman–Crippen LogP) is 2.68. The van der Waals surface area contributed by atoms with Crippen molar-refractivity contribution in [2.75, 3.05) is 18.0 Å². The van der Waals surface area contributed by atoms with E-state index in [1.807, 2.05) is 0 Å². The number of nitrogens with zero attached hydrogens (tertiary/aromatic N) is 2. The zero-order valence-corrected chi connectivity index (χ0v) is 12.5. The summed E-state index contributed by atoms with van der Waals surface area (Å²) in [6.07, 6.45) is -0.995. The second-order valence-corrected chi connectivity index (χ2v) is 5.32. The first kappa shape index (κ1) is 15.9. The topological polar surface area (TPSA) is 98.7 Å². The summed E-state index contributed by atoms with van der Waals surface area (Å²) < 4.78 is 19.5. The number of nitro groups is 1. The zero-order chi connectivity index (χ0) is 17.3. The minimum Gasteiger partial charge on any atom is -0.443 e. The number of ether oxygens (including phenoxy) is 1. The van der Waals surface area contributed by atoms with Crippen molar-refractivity contribution in [3.63, 3.8) is 0 Å². The summed E-state index contributed by atoms with van der Waals surface area (Å²) >= 11 is 0. The maximum Gasteiger partial charge on any atom is 0.414 e. The van der Waals surface area contributed by atoms with Crippen LogP contribution in [-0.4, -0.2) is 30.2 Å². The molecule has 2 aromatic rings. The summed E-state index contributed by atoms with van der Waals surface area (Å²) in [7, 11) is 0. The number of carbonyl (C=O) groups excluding carboxylic acids is 1. The van der Waals surface area contributed by atoms with Crippen molar-refractivity contribution in [1.82, 2.24) is 0 Å². The van der Waals surface area contributed by atoms with Gasteiger partial charge in [-0.1, -0.05) is 12.1 Å². The molecule has 2 N–H and O–H groups in total. The minimum atomic E-state index is -0.586. The SMILES string of the molecule is NCC1CN(c2ccc(-c3cccc([N+](=O)[O-])c3)c(F)c2)C(=O)O1. The number of non-ortho nitro benzene ring substituents is 1. The number of benzene rings is 2. The van der Waals surface area contributed by atoms with E-state index in [1.165, 1.54) is 35.2 Å². The van der Waals surface area contributed by atoms with E-state index in [0.717, 1.165) is 0 Å². The molecular weight excluding hydrogens is 317 g/mol. The van der Waals surface area contributed by atoms with E-state index < -0.39 is 22.9 Å². The number of nitro benzene ring substituents is 1. The molecule has 124 valence electrons. The van der Waals surface area contributed by atoms with Gasteiger partial charge in [0.1, 0.15) is 11.9 Å². The van der Waals surface area contributed by atoms with Crippen molar-refractivity contribution in [2.24, 2.45) is 5.73 Å². The lowest BCUT2D eigenvalue weighted by Gasteiger charge is -2.14. The smallest absolute Gasteiger partial charge is 0.414 e. The lowest BCUT2D eigenvalue weighted by atomic mass is 10.0. The highest BCUT2D eigenvalue weighted by atomic mass is 19.1. The molecule has 0 saturated carbocycles. The van der Waals surface area contributed by atoms with Crippen LogP contribution in [0.15, 0.2) is 42.5 Å². The largest absolute Gasteiger partial charge is 0.443 e. The van der Waals surface area contributed by atoms with E-state index in [1.54, 1.807) is 12.1 Å². The van der Waals surface area contributed by atoms with Crippen LogP contribution in [0.4, 0.5) is 20.6 Å². The van der Waals surface area contributed by atoms with Gasteiger partial charge in [-0.3, -0.25) is 15.0 Å². The molecule has 0 radical (unpaired) electrons. The molecule has 0 bridgehead atoms. The first-order valence-corrected chi connectivity index (χ1v) is 7.22. The molecule has 0 aromatic heterocycles. The number of halogens is 1. The lowest BCUT2D eigenvalue weighted by Crippen LogP contribution is -2.27. The van der Waals surface area contributed by atoms with Gasteiger partial charge in [-0.25, -0.2) is 9.18 Å². The fourth-order valence-corrected chi connectivity index (χ4v) is 2.55. The molecule has 24 heavy (non-hydrogen) atoms. The molecule has 1 aliphatic rings. The Morgan fingerprint density at radius 2 is 2.12 bits per heavy atom. The van der Waals surface area contributed by atoms with Crippen LogP contribution in [-0.2, 0) is 4.74 Å². The van der Waals surface area contributed by atoms with Crippen molar-refractivity contribution < 1.29 is 18.8 Å². The number of nitrogens with two attached hydrogens (primary N) is 1. The number of anilines is 1. The van der Waals surface area contributed by atoms with Crippen LogP contribution in [0.5, 0.6) is 0 Å². The summed E-state index contributed by atoms with van der Waals surface area (Å²) in [5.74, 6) is -0.586. The Morgan fingerprint density at radius 1 is 1.33 bits per heavy atom. The Balaban J connectivity index is 1.92. The molecule has 8 heteroatoms. The number of hydrogen-bond donors (Lipinski definition) is 1. The molecule has 1 aliphatic heterocycles. The van der Waals surface area contributed by atoms with Gasteiger partial charge in [0.25, 0.3) is 5.69 Å². The molecule has 1 amide bonds. The van der Waals surface area contributed by atoms with Gasteiger partial charge in [0.05, 0.1) is 17.2 Å². The Morgan fingerprint density at radius 3 is 2.75 bits per heavy atom. The van der Waals surface area contributed by atoms with Gasteiger partial charge in [0.2, 0.25) is 0 Å². The van der Waals surface area contributed by atoms with Gasteiger partial charge in [0.15, 0.2) is 0 Å². The summed E-state index contributed by atoms with van der Waals surface area (Å²) in [6.45, 7) is 0.446. The van der Waals surface area contributed by atoms with Gasteiger partial charge < -0.3 is 10.5 Å². The van der Waals surface area contributed by atoms with Gasteiger partial charge in [-0.05, 0) is 23.8 Å². The van der Waals surface area contributed by atoms with E-state index in [9.17, 15) is 19.3 Å². The van der Waals surface area contributed by atoms with E-state index in [0.29, 0.717) is 11.3 Å². The number of carbonyl (C=O) groups is 1. The fourth-order valence-electron chi connectivity index (χ4n) is 2.55. The molecule has 1 atom stereocenters. The number of amides is 1. The zero-order valence-electron chi connectivity index (χ0n) is 12.5. The van der Waals surface area contributed by atoms with E-state index >= 15 is 0 Å². The van der Waals surface area contributed by atoms with E-state index in [2.05, 4.69) is 0 Å². The first-order valence-electron chi connectivity index (χ1n) is 7.22. The standard InChI is InChI=1S/C16H14FN3O4/c17-15-7-11(19-9-13(8-18)24-16(19)21)4-5-14(15)10-2-1-3-12(6-10)20(22)23/h1-7,13H,8-9,18H2. The molecule has 2 aromatic carbocycles. The molecule has 1 unspecified atom stereocenters. The minimum absolute atomic E-state index is 0.120. The van der Waals surface area contributed by atoms with Crippen LogP contribution < -0.4 is 10.6 Å². The van der Waals surface area contributed by atoms with Crippen LogP contribution in [0.25, 0.3) is 11.1 Å². The second-order valence-electron chi connectivity index (χ2n) is 5.32. The number of cyclic esters (lactones) is 1. The van der Waals surface area contributed by atoms with E-state index in [4.69, 9.17) is 10.5 Å². The van der Waals surface area contributed by atoms with Crippen LogP contribution in [0.2, 0.25) is 0 Å². The average molecular weight is 331 g/mol. The molecule has 7 nitrogen and oxygen atoms in total. The highest BCUT2D eigenvalue weighted by molar-refractivity contribution is 5.90. The molecular formula is C16H14FN3O4. The van der Waals surface area contributed by atoms with Crippen LogP contribution in [0, 0.1) is 15.9 Å². The van der Waals surface area contributed by atoms with Gasteiger partial charge in [0, 0.05) is 24.2 Å². The number of rotatable bonds is 4. The maximum absolute atomic E-state index is 14.5. The van der Waals surface area contributed by atoms with Crippen molar-refractivity contribution in [3.8, 4) is 11.1 Å². The number of hydrogen-bond acceptors (Lipinski definition) is 5. The Hall–Kier alpha value is -3.00. The average Bonchev–Trinajstić information content (AvgIpc) is 2.96. The third-order valence-electron chi connectivity index (χ3n) is 3.77. The van der Waals surface area contributed by atoms with Crippen LogP contribution in [0.3, 0.4) is 0 Å². The lowest BCUT2D eigenvalue weighted by molar-refractivity contribution is -0.384. The Bertz CT molecular complexity index is 812. The van der Waals surface area contributed by atoms with Crippen LogP contribution in [0.1, 0.15) is 0 Å². The molecule has 1 saturated heterocycles. The van der Waals surface area contributed by atoms with Gasteiger partial charge in [-0.2, -0.15) is 0 Å². The molecule has 1 heterocycles. The van der Waals surface area contributed by atoms with Gasteiger partial charge >= 0.3 is 6.09 Å². The predicted molar refractivity (Wildman–Crippen MR) is 85.2 cm³/mol. The summed E-state index contributed by atoms with van der Waals surface area (Å²) in [5, 5.41) is 10.8. The van der Waals surface area contributed by atoms with Crippen LogP contribution >= 0.6 is 0 Å². The first-order chi connectivity index (χ1) is 11.5. The summed E-state index contributed by atoms with van der Waals surface area (Å²) in [6, 6.07) is 9.96. The third-order valence-corrected chi connectivity index (χ3v) is 3.77. The van der Waals surface area contributed by atoms with Gasteiger partial charge in [-0.15, -0.1) is 0 Å². The Kier molecular flexibility index (Phi) is 4.13. The van der Waals surface area contributed by atoms with Crippen molar-refractivity contribution in [1.29, 1.82) is 0 Å². The highest BCUT2D eigenvalue weighted by Crippen LogP contribution is 2.30. The summed E-state index contributed by atoms with van der Waals surface area (Å²) in [4.78, 5) is 23.4. The highest BCUT2D eigenvalue weighted by Gasteiger charge is 2.31. The molecule has 0 spiro atoms. The van der Waals surface area contributed by atoms with Crippen molar-refractivity contribution in [2.45, 2.75) is 6.10 Å². The quantitative estimate of drug-likeness (QED) is 0.686.